The molecule has 1 aliphatic rings. The molecule has 2 rings (SSSR count). The van der Waals surface area contributed by atoms with E-state index < -0.39 is 0 Å². The highest BCUT2D eigenvalue weighted by molar-refractivity contribution is 5.17. The Kier molecular flexibility index (Phi) is 2.61. The van der Waals surface area contributed by atoms with Crippen LogP contribution in [0.5, 0.6) is 0 Å². The van der Waals surface area contributed by atoms with Gasteiger partial charge in [0.25, 0.3) is 0 Å². The summed E-state index contributed by atoms with van der Waals surface area (Å²) in [5.74, 6) is 1.05. The first-order valence-corrected chi connectivity index (χ1v) is 4.66. The summed E-state index contributed by atoms with van der Waals surface area (Å²) in [6.07, 6.45) is 1.92. The fourth-order valence-electron chi connectivity index (χ4n) is 1.59. The fraction of sp³-hybridized carbons (Fsp3) is 0.667. The second-order valence-corrected chi connectivity index (χ2v) is 3.28. The number of aromatic amines is 1. The molecule has 1 aromatic rings. The maximum atomic E-state index is 5.00. The average Bonchev–Trinajstić information content (AvgIpc) is 2.57. The van der Waals surface area contributed by atoms with Crippen LogP contribution in [0.2, 0.25) is 0 Å². The summed E-state index contributed by atoms with van der Waals surface area (Å²) in [6, 6.07) is 0. The molecule has 0 unspecified atom stereocenters. The van der Waals surface area contributed by atoms with Gasteiger partial charge in [-0.1, -0.05) is 0 Å². The second-order valence-electron chi connectivity index (χ2n) is 3.28. The maximum absolute atomic E-state index is 5.00. The molecule has 72 valence electrons. The largest absolute Gasteiger partial charge is 0.384 e. The van der Waals surface area contributed by atoms with Crippen molar-refractivity contribution in [2.24, 2.45) is 0 Å². The Morgan fingerprint density at radius 3 is 3.23 bits per heavy atom. The summed E-state index contributed by atoms with van der Waals surface area (Å²) in [5, 5.41) is 3.31. The lowest BCUT2D eigenvalue weighted by molar-refractivity contribution is 0.200. The van der Waals surface area contributed by atoms with Crippen LogP contribution in [0.25, 0.3) is 0 Å². The molecule has 0 atom stereocenters. The van der Waals surface area contributed by atoms with Crippen molar-refractivity contribution < 1.29 is 4.74 Å². The molecule has 2 heterocycles. The lowest BCUT2D eigenvalue weighted by atomic mass is 10.2. The molecule has 4 nitrogen and oxygen atoms in total. The van der Waals surface area contributed by atoms with Crippen molar-refractivity contribution in [3.8, 4) is 0 Å². The minimum atomic E-state index is 0.736. The number of rotatable bonds is 3. The zero-order valence-electron chi connectivity index (χ0n) is 7.89. The Labute approximate surface area is 77.7 Å². The molecule has 0 fully saturated rings. The van der Waals surface area contributed by atoms with E-state index in [2.05, 4.69) is 15.3 Å². The summed E-state index contributed by atoms with van der Waals surface area (Å²) in [7, 11) is 1.71. The van der Waals surface area contributed by atoms with Gasteiger partial charge in [0.05, 0.1) is 18.0 Å². The molecule has 0 aromatic carbocycles. The van der Waals surface area contributed by atoms with Gasteiger partial charge < -0.3 is 15.0 Å². The van der Waals surface area contributed by atoms with Crippen molar-refractivity contribution >= 4 is 0 Å². The van der Waals surface area contributed by atoms with E-state index in [1.807, 2.05) is 0 Å². The highest BCUT2D eigenvalue weighted by Gasteiger charge is 2.13. The van der Waals surface area contributed by atoms with Crippen LogP contribution in [0, 0.1) is 0 Å². The van der Waals surface area contributed by atoms with Crippen LogP contribution in [0.3, 0.4) is 0 Å². The van der Waals surface area contributed by atoms with Crippen LogP contribution in [-0.4, -0.2) is 30.2 Å². The first-order chi connectivity index (χ1) is 6.40. The number of nitrogens with one attached hydrogen (secondary N) is 2. The zero-order valence-corrected chi connectivity index (χ0v) is 7.89. The van der Waals surface area contributed by atoms with E-state index in [0.29, 0.717) is 0 Å². The van der Waals surface area contributed by atoms with E-state index in [4.69, 9.17) is 4.74 Å². The number of imidazole rings is 1. The number of fused-ring (bicyclic) bond motifs is 1. The predicted molar refractivity (Wildman–Crippen MR) is 49.6 cm³/mol. The van der Waals surface area contributed by atoms with Gasteiger partial charge in [0, 0.05) is 33.0 Å². The third-order valence-corrected chi connectivity index (χ3v) is 2.30. The highest BCUT2D eigenvalue weighted by atomic mass is 16.5. The first-order valence-electron chi connectivity index (χ1n) is 4.66. The molecule has 4 heteroatoms. The Hall–Kier alpha value is -0.870. The lowest BCUT2D eigenvalue weighted by Gasteiger charge is -2.09. The molecule has 0 saturated carbocycles. The van der Waals surface area contributed by atoms with Gasteiger partial charge in [-0.15, -0.1) is 0 Å². The van der Waals surface area contributed by atoms with E-state index in [-0.39, 0.29) is 0 Å². The molecule has 0 amide bonds. The van der Waals surface area contributed by atoms with E-state index >= 15 is 0 Å². The smallest absolute Gasteiger partial charge is 0.108 e. The predicted octanol–water partition coefficient (Wildman–Crippen LogP) is 0.244. The molecule has 0 bridgehead atoms. The lowest BCUT2D eigenvalue weighted by Crippen LogP contribution is -2.23. The minimum Gasteiger partial charge on any atom is -0.384 e. The Balaban J connectivity index is 2.07. The molecular formula is C9H15N3O. The average molecular weight is 181 g/mol. The van der Waals surface area contributed by atoms with Gasteiger partial charge in [-0.2, -0.15) is 0 Å². The van der Waals surface area contributed by atoms with E-state index in [0.717, 1.165) is 38.4 Å². The molecule has 0 aliphatic carbocycles. The monoisotopic (exact) mass is 181 g/mol. The number of hydrogen-bond donors (Lipinski definition) is 2. The number of methoxy groups -OCH3 is 1. The fourth-order valence-corrected chi connectivity index (χ4v) is 1.59. The molecule has 1 aliphatic heterocycles. The van der Waals surface area contributed by atoms with Crippen LogP contribution in [-0.2, 0) is 24.1 Å². The quantitative estimate of drug-likeness (QED) is 0.702. The minimum absolute atomic E-state index is 0.736. The van der Waals surface area contributed by atoms with Crippen molar-refractivity contribution in [2.45, 2.75) is 19.4 Å². The Morgan fingerprint density at radius 2 is 2.46 bits per heavy atom. The van der Waals surface area contributed by atoms with Gasteiger partial charge in [-0.05, 0) is 0 Å². The van der Waals surface area contributed by atoms with Crippen LogP contribution >= 0.6 is 0 Å². The zero-order chi connectivity index (χ0) is 9.10. The summed E-state index contributed by atoms with van der Waals surface area (Å²) in [6.45, 7) is 2.71. The molecule has 13 heavy (non-hydrogen) atoms. The van der Waals surface area contributed by atoms with Gasteiger partial charge in [-0.25, -0.2) is 4.98 Å². The van der Waals surface area contributed by atoms with E-state index in [9.17, 15) is 0 Å². The van der Waals surface area contributed by atoms with Gasteiger partial charge in [-0.3, -0.25) is 0 Å². The molecular weight excluding hydrogens is 166 g/mol. The van der Waals surface area contributed by atoms with Gasteiger partial charge >= 0.3 is 0 Å². The third kappa shape index (κ3) is 1.89. The van der Waals surface area contributed by atoms with Gasteiger partial charge in [0.15, 0.2) is 0 Å². The molecule has 0 saturated heterocycles. The Bertz CT molecular complexity index is 259. The second kappa shape index (κ2) is 3.89. The van der Waals surface area contributed by atoms with Crippen molar-refractivity contribution in [2.75, 3.05) is 20.3 Å². The van der Waals surface area contributed by atoms with Crippen molar-refractivity contribution in [1.82, 2.24) is 15.3 Å². The summed E-state index contributed by atoms with van der Waals surface area (Å²) >= 11 is 0. The molecule has 2 N–H and O–H groups in total. The topological polar surface area (TPSA) is 49.9 Å². The normalized spacial score (nSPS) is 15.8. The van der Waals surface area contributed by atoms with Crippen molar-refractivity contribution in [1.29, 1.82) is 0 Å². The number of H-pyrrole nitrogens is 1. The molecule has 0 radical (unpaired) electrons. The standard InChI is InChI=1S/C9H15N3O/c1-13-5-3-9-11-7-2-4-10-6-8(7)12-9/h10H,2-6H2,1H3,(H,11,12). The molecule has 1 aromatic heterocycles. The van der Waals surface area contributed by atoms with Crippen LogP contribution < -0.4 is 5.32 Å². The van der Waals surface area contributed by atoms with Gasteiger partial charge in [0.2, 0.25) is 0 Å². The number of aromatic nitrogens is 2. The van der Waals surface area contributed by atoms with Crippen LogP contribution in [0.4, 0.5) is 0 Å². The van der Waals surface area contributed by atoms with E-state index in [1.165, 1.54) is 11.4 Å². The number of nitrogens with zero attached hydrogens (tertiary/aromatic N) is 1. The molecule has 0 spiro atoms. The Morgan fingerprint density at radius 1 is 1.54 bits per heavy atom. The SMILES string of the molecule is COCCc1nc2c([nH]1)CNCC2. The first kappa shape index (κ1) is 8.72. The number of ether oxygens (including phenoxy) is 1. The summed E-state index contributed by atoms with van der Waals surface area (Å²) in [4.78, 5) is 7.83. The van der Waals surface area contributed by atoms with Crippen molar-refractivity contribution in [3.05, 3.63) is 17.2 Å². The summed E-state index contributed by atoms with van der Waals surface area (Å²) < 4.78 is 5.00. The van der Waals surface area contributed by atoms with Gasteiger partial charge in [0.1, 0.15) is 5.82 Å². The van der Waals surface area contributed by atoms with E-state index in [1.54, 1.807) is 7.11 Å². The highest BCUT2D eigenvalue weighted by Crippen LogP contribution is 2.10. The summed E-state index contributed by atoms with van der Waals surface area (Å²) in [5.41, 5.74) is 2.47. The maximum Gasteiger partial charge on any atom is 0.108 e. The van der Waals surface area contributed by atoms with Crippen LogP contribution in [0.1, 0.15) is 17.2 Å². The van der Waals surface area contributed by atoms with Crippen molar-refractivity contribution in [3.63, 3.8) is 0 Å². The third-order valence-electron chi connectivity index (χ3n) is 2.30. The number of hydrogen-bond acceptors (Lipinski definition) is 3. The van der Waals surface area contributed by atoms with Crippen LogP contribution in [0.15, 0.2) is 0 Å².